The summed E-state index contributed by atoms with van der Waals surface area (Å²) < 4.78 is 6.25. The molecule has 0 aromatic rings. The van der Waals surface area contributed by atoms with E-state index < -0.39 is 0 Å². The van der Waals surface area contributed by atoms with Crippen molar-refractivity contribution in [3.8, 4) is 0 Å². The first-order valence-corrected chi connectivity index (χ1v) is 15.9. The molecule has 0 aromatic carbocycles. The van der Waals surface area contributed by atoms with Gasteiger partial charge in [-0.25, -0.2) is 0 Å². The van der Waals surface area contributed by atoms with Crippen molar-refractivity contribution in [1.82, 2.24) is 0 Å². The maximum Gasteiger partial charge on any atom is 0.121 e. The molecular formula is C40H56O3. The van der Waals surface area contributed by atoms with Crippen LogP contribution in [0, 0.1) is 10.8 Å². The summed E-state index contributed by atoms with van der Waals surface area (Å²) in [5, 5.41) is 20.4. The van der Waals surface area contributed by atoms with Crippen LogP contribution in [0.2, 0.25) is 0 Å². The van der Waals surface area contributed by atoms with E-state index in [0.29, 0.717) is 6.42 Å². The van der Waals surface area contributed by atoms with Gasteiger partial charge in [0.05, 0.1) is 12.2 Å². The molecule has 1 heterocycles. The number of hydrogen-bond acceptors (Lipinski definition) is 3. The molecule has 2 N–H and O–H groups in total. The van der Waals surface area contributed by atoms with E-state index in [0.717, 1.165) is 19.3 Å². The number of hydrogen-bond donors (Lipinski definition) is 2. The highest BCUT2D eigenvalue weighted by atomic mass is 16.6. The summed E-state index contributed by atoms with van der Waals surface area (Å²) in [6.07, 6.45) is 32.3. The highest BCUT2D eigenvalue weighted by molar-refractivity contribution is 5.39. The molecule has 0 bridgehead atoms. The van der Waals surface area contributed by atoms with Gasteiger partial charge in [-0.05, 0) is 77.9 Å². The van der Waals surface area contributed by atoms with Gasteiger partial charge in [-0.1, -0.05) is 135 Å². The van der Waals surface area contributed by atoms with E-state index >= 15 is 0 Å². The van der Waals surface area contributed by atoms with Crippen molar-refractivity contribution in [2.75, 3.05) is 0 Å². The third-order valence-electron chi connectivity index (χ3n) is 9.34. The van der Waals surface area contributed by atoms with Gasteiger partial charge in [0.1, 0.15) is 11.2 Å². The van der Waals surface area contributed by atoms with Crippen molar-refractivity contribution in [3.05, 3.63) is 119 Å². The molecule has 2 aliphatic carbocycles. The van der Waals surface area contributed by atoms with Crippen LogP contribution in [0.3, 0.4) is 0 Å². The van der Waals surface area contributed by atoms with E-state index in [4.69, 9.17) is 4.74 Å². The molecule has 1 saturated heterocycles. The summed E-state index contributed by atoms with van der Waals surface area (Å²) in [7, 11) is 0. The lowest BCUT2D eigenvalue weighted by Gasteiger charge is -2.39. The van der Waals surface area contributed by atoms with Crippen molar-refractivity contribution < 1.29 is 14.9 Å². The van der Waals surface area contributed by atoms with Crippen LogP contribution in [0.5, 0.6) is 0 Å². The second-order valence-corrected chi connectivity index (χ2v) is 14.6. The number of ether oxygens (including phenoxy) is 1. The third-order valence-corrected chi connectivity index (χ3v) is 9.34. The van der Waals surface area contributed by atoms with E-state index in [1.54, 1.807) is 0 Å². The summed E-state index contributed by atoms with van der Waals surface area (Å²) >= 11 is 0. The Hall–Kier alpha value is -2.72. The van der Waals surface area contributed by atoms with Gasteiger partial charge in [0.15, 0.2) is 0 Å². The molecule has 2 fully saturated rings. The topological polar surface area (TPSA) is 53.0 Å². The summed E-state index contributed by atoms with van der Waals surface area (Å²) in [4.78, 5) is 0. The second-order valence-electron chi connectivity index (χ2n) is 14.6. The minimum atomic E-state index is -0.291. The van der Waals surface area contributed by atoms with E-state index in [-0.39, 0.29) is 34.2 Å². The Balaban J connectivity index is 1.50. The fourth-order valence-electron chi connectivity index (χ4n) is 7.06. The summed E-state index contributed by atoms with van der Waals surface area (Å²) in [5.41, 5.74) is 6.71. The maximum atomic E-state index is 10.2. The molecule has 3 nitrogen and oxygen atoms in total. The zero-order valence-corrected chi connectivity index (χ0v) is 28.4. The summed E-state index contributed by atoms with van der Waals surface area (Å²) in [6.45, 7) is 21.5. The van der Waals surface area contributed by atoms with Gasteiger partial charge in [-0.3, -0.25) is 0 Å². The number of fused-ring (bicyclic) bond motifs is 1. The zero-order chi connectivity index (χ0) is 32.1. The summed E-state index contributed by atoms with van der Waals surface area (Å²) in [5.74, 6) is 0. The molecule has 0 aromatic heterocycles. The van der Waals surface area contributed by atoms with E-state index in [2.05, 4.69) is 154 Å². The molecule has 0 amide bonds. The standard InChI is InChI=1S/C40H56O3/c1-29(17-13-19-31(3)21-22-36-33(5)25-34(41)26-37(36,6)7)15-11-12-16-30(2)18-14-20-32(4)23-24-40-38(8,9)27-35(42)28-39(40,10)43-40/h11-24,34-35,41-42H,25-28H2,1-10H3/b12-11-,17-13+,18-14+,22-21+,24-23+,29-15+,30-16+,31-19+,32-20+/t34-,35+,39-,40+/m1/s1. The zero-order valence-electron chi connectivity index (χ0n) is 28.4. The molecule has 0 unspecified atom stereocenters. The van der Waals surface area contributed by atoms with Gasteiger partial charge in [0, 0.05) is 11.8 Å². The van der Waals surface area contributed by atoms with E-state index in [9.17, 15) is 10.2 Å². The Morgan fingerprint density at radius 2 is 1.19 bits per heavy atom. The number of aliphatic hydroxyl groups is 2. The first-order chi connectivity index (χ1) is 20.0. The molecule has 0 spiro atoms. The average Bonchev–Trinajstić information content (AvgIpc) is 3.49. The van der Waals surface area contributed by atoms with Gasteiger partial charge >= 0.3 is 0 Å². The number of rotatable bonds is 10. The number of aliphatic hydroxyl groups excluding tert-OH is 2. The van der Waals surface area contributed by atoms with Crippen LogP contribution < -0.4 is 0 Å². The molecule has 3 rings (SSSR count). The second kappa shape index (κ2) is 13.9. The quantitative estimate of drug-likeness (QED) is 0.198. The van der Waals surface area contributed by atoms with Crippen LogP contribution in [0.15, 0.2) is 119 Å². The third kappa shape index (κ3) is 8.91. The minimum absolute atomic E-state index is 0.00262. The molecule has 1 saturated carbocycles. The molecule has 234 valence electrons. The van der Waals surface area contributed by atoms with Crippen molar-refractivity contribution in [2.45, 2.75) is 118 Å². The van der Waals surface area contributed by atoms with Crippen LogP contribution in [-0.2, 0) is 4.74 Å². The Morgan fingerprint density at radius 3 is 1.72 bits per heavy atom. The smallest absolute Gasteiger partial charge is 0.121 e. The Kier molecular flexibility index (Phi) is 11.3. The van der Waals surface area contributed by atoms with Crippen molar-refractivity contribution >= 4 is 0 Å². The van der Waals surface area contributed by atoms with Gasteiger partial charge in [0.2, 0.25) is 0 Å². The summed E-state index contributed by atoms with van der Waals surface area (Å²) in [6, 6.07) is 0. The molecule has 1 aliphatic heterocycles. The minimum Gasteiger partial charge on any atom is -0.393 e. The lowest BCUT2D eigenvalue weighted by molar-refractivity contribution is 0.0515. The monoisotopic (exact) mass is 584 g/mol. The Morgan fingerprint density at radius 1 is 0.674 bits per heavy atom. The van der Waals surface area contributed by atoms with Crippen LogP contribution in [-0.4, -0.2) is 33.6 Å². The average molecular weight is 585 g/mol. The molecular weight excluding hydrogens is 528 g/mol. The van der Waals surface area contributed by atoms with Crippen LogP contribution in [0.4, 0.5) is 0 Å². The highest BCUT2D eigenvalue weighted by Crippen LogP contribution is 2.66. The number of allylic oxidation sites excluding steroid dienone is 18. The number of epoxide rings is 1. The first kappa shape index (κ1) is 34.8. The fourth-order valence-corrected chi connectivity index (χ4v) is 7.06. The van der Waals surface area contributed by atoms with Crippen molar-refractivity contribution in [3.63, 3.8) is 0 Å². The van der Waals surface area contributed by atoms with Crippen LogP contribution in [0.25, 0.3) is 0 Å². The predicted octanol–water partition coefficient (Wildman–Crippen LogP) is 9.76. The molecule has 43 heavy (non-hydrogen) atoms. The van der Waals surface area contributed by atoms with Gasteiger partial charge < -0.3 is 14.9 Å². The van der Waals surface area contributed by atoms with E-state index in [1.807, 2.05) is 0 Å². The Bertz CT molecular complexity index is 1330. The SMILES string of the molecule is CC1=C(/C=C/C(C)=C/C=C/C(C)=C/C=C\C=C(C)\C=C\C=C(C)\C=C\[C@@]23O[C@]2(C)C[C@@H](O)CC3(C)C)C(C)(C)C[C@H](O)C1. The maximum absolute atomic E-state index is 10.2. The largest absolute Gasteiger partial charge is 0.393 e. The lowest BCUT2D eigenvalue weighted by atomic mass is 9.63. The molecule has 0 radical (unpaired) electrons. The highest BCUT2D eigenvalue weighted by Gasteiger charge is 2.74. The van der Waals surface area contributed by atoms with Crippen LogP contribution in [0.1, 0.15) is 94.9 Å². The van der Waals surface area contributed by atoms with Gasteiger partial charge in [0.25, 0.3) is 0 Å². The van der Waals surface area contributed by atoms with Gasteiger partial charge in [-0.2, -0.15) is 0 Å². The van der Waals surface area contributed by atoms with Crippen molar-refractivity contribution in [2.24, 2.45) is 10.8 Å². The molecule has 3 heteroatoms. The lowest BCUT2D eigenvalue weighted by Crippen LogP contribution is -2.46. The normalized spacial score (nSPS) is 32.3. The van der Waals surface area contributed by atoms with Crippen LogP contribution >= 0.6 is 0 Å². The predicted molar refractivity (Wildman–Crippen MR) is 184 cm³/mol. The fraction of sp³-hybridized carbons (Fsp3) is 0.500. The van der Waals surface area contributed by atoms with E-state index in [1.165, 1.54) is 33.4 Å². The van der Waals surface area contributed by atoms with Gasteiger partial charge in [-0.15, -0.1) is 0 Å². The van der Waals surface area contributed by atoms with Crippen molar-refractivity contribution in [1.29, 1.82) is 0 Å². The Labute approximate surface area is 262 Å². The molecule has 4 atom stereocenters. The first-order valence-electron chi connectivity index (χ1n) is 15.9. The molecule has 3 aliphatic rings.